The van der Waals surface area contributed by atoms with Crippen LogP contribution < -0.4 is 5.32 Å². The van der Waals surface area contributed by atoms with E-state index in [9.17, 15) is 13.2 Å². The molecule has 1 aromatic rings. The molecule has 156 valence electrons. The summed E-state index contributed by atoms with van der Waals surface area (Å²) in [6, 6.07) is 7.58. The normalized spacial score (nSPS) is 22.5. The number of carbonyl (C=O) groups is 1. The Morgan fingerprint density at radius 1 is 1.00 bits per heavy atom. The van der Waals surface area contributed by atoms with Gasteiger partial charge >= 0.3 is 0 Å². The molecule has 0 spiro atoms. The number of nitrogens with zero attached hydrogens (tertiary/aromatic N) is 2. The maximum atomic E-state index is 13.0. The van der Waals surface area contributed by atoms with Crippen LogP contribution in [0.4, 0.5) is 0 Å². The second-order valence-electron chi connectivity index (χ2n) is 7.69. The van der Waals surface area contributed by atoms with Crippen molar-refractivity contribution in [2.24, 2.45) is 5.92 Å². The molecule has 0 bridgehead atoms. The number of benzene rings is 1. The van der Waals surface area contributed by atoms with Gasteiger partial charge in [0.15, 0.2) is 0 Å². The highest BCUT2D eigenvalue weighted by atomic mass is 35.5. The number of piperidine rings is 1. The highest BCUT2D eigenvalue weighted by Crippen LogP contribution is 2.23. The number of halogens is 1. The zero-order valence-corrected chi connectivity index (χ0v) is 17.8. The van der Waals surface area contributed by atoms with E-state index >= 15 is 0 Å². The van der Waals surface area contributed by atoms with Gasteiger partial charge in [-0.2, -0.15) is 17.0 Å². The van der Waals surface area contributed by atoms with E-state index in [1.807, 2.05) is 24.3 Å². The Labute approximate surface area is 173 Å². The molecule has 1 atom stereocenters. The second kappa shape index (κ2) is 10.1. The predicted molar refractivity (Wildman–Crippen MR) is 111 cm³/mol. The zero-order valence-electron chi connectivity index (χ0n) is 16.3. The third-order valence-corrected chi connectivity index (χ3v) is 7.85. The highest BCUT2D eigenvalue weighted by Gasteiger charge is 2.35. The smallest absolute Gasteiger partial charge is 0.281 e. The van der Waals surface area contributed by atoms with Crippen LogP contribution in [0, 0.1) is 5.92 Å². The summed E-state index contributed by atoms with van der Waals surface area (Å²) in [4.78, 5) is 12.6. The fraction of sp³-hybridized carbons (Fsp3) is 0.650. The lowest BCUT2D eigenvalue weighted by Gasteiger charge is -2.34. The first-order chi connectivity index (χ1) is 13.5. The van der Waals surface area contributed by atoms with E-state index in [1.54, 1.807) is 4.31 Å². The topological polar surface area (TPSA) is 69.7 Å². The molecular weight excluding hydrogens is 398 g/mol. The van der Waals surface area contributed by atoms with Crippen LogP contribution in [0.3, 0.4) is 0 Å². The van der Waals surface area contributed by atoms with E-state index in [2.05, 4.69) is 5.32 Å². The number of hydrogen-bond acceptors (Lipinski definition) is 3. The molecule has 2 saturated heterocycles. The summed E-state index contributed by atoms with van der Waals surface area (Å²) in [7, 11) is -3.47. The fourth-order valence-electron chi connectivity index (χ4n) is 3.93. The van der Waals surface area contributed by atoms with Crippen LogP contribution in [0.2, 0.25) is 5.02 Å². The lowest BCUT2D eigenvalue weighted by Crippen LogP contribution is -2.50. The van der Waals surface area contributed by atoms with Crippen molar-refractivity contribution < 1.29 is 13.2 Å². The number of nitrogens with one attached hydrogen (secondary N) is 1. The summed E-state index contributed by atoms with van der Waals surface area (Å²) in [5.41, 5.74) is 1.11. The third-order valence-electron chi connectivity index (χ3n) is 5.60. The molecule has 2 heterocycles. The summed E-state index contributed by atoms with van der Waals surface area (Å²) in [6.45, 7) is 2.52. The van der Waals surface area contributed by atoms with Gasteiger partial charge in [-0.1, -0.05) is 36.6 Å². The summed E-state index contributed by atoms with van der Waals surface area (Å²) in [5, 5.41) is 3.67. The summed E-state index contributed by atoms with van der Waals surface area (Å²) >= 11 is 5.89. The standard InChI is InChI=1S/C20H30ClN3O3S/c21-19-9-7-17(8-10-19)11-12-22-20(25)18-6-5-15-24(16-18)28(26,27)23-13-3-1-2-4-14-23/h7-10,18H,1-6,11-16H2,(H,22,25)/t18-/m0/s1. The first-order valence-corrected chi connectivity index (χ1v) is 12.0. The van der Waals surface area contributed by atoms with Crippen molar-refractivity contribution in [2.75, 3.05) is 32.7 Å². The Hall–Kier alpha value is -1.15. The molecule has 2 aliphatic heterocycles. The van der Waals surface area contributed by atoms with Crippen LogP contribution in [0.15, 0.2) is 24.3 Å². The predicted octanol–water partition coefficient (Wildman–Crippen LogP) is 2.83. The van der Waals surface area contributed by atoms with E-state index in [0.717, 1.165) is 50.5 Å². The lowest BCUT2D eigenvalue weighted by atomic mass is 9.99. The van der Waals surface area contributed by atoms with Crippen molar-refractivity contribution >= 4 is 27.7 Å². The minimum absolute atomic E-state index is 0.0512. The Balaban J connectivity index is 1.51. The Morgan fingerprint density at radius 2 is 1.64 bits per heavy atom. The molecule has 8 heteroatoms. The van der Waals surface area contributed by atoms with Crippen molar-refractivity contribution in [3.63, 3.8) is 0 Å². The molecule has 0 aromatic heterocycles. The summed E-state index contributed by atoms with van der Waals surface area (Å²) in [5.74, 6) is -0.328. The van der Waals surface area contributed by atoms with Crippen LogP contribution >= 0.6 is 11.6 Å². The first-order valence-electron chi connectivity index (χ1n) is 10.2. The molecule has 1 amide bonds. The molecule has 28 heavy (non-hydrogen) atoms. The molecule has 0 aliphatic carbocycles. The van der Waals surface area contributed by atoms with E-state index in [0.29, 0.717) is 31.2 Å². The quantitative estimate of drug-likeness (QED) is 0.758. The maximum absolute atomic E-state index is 13.0. The van der Waals surface area contributed by atoms with Crippen molar-refractivity contribution in [1.82, 2.24) is 13.9 Å². The lowest BCUT2D eigenvalue weighted by molar-refractivity contribution is -0.126. The summed E-state index contributed by atoms with van der Waals surface area (Å²) in [6.07, 6.45) is 6.20. The van der Waals surface area contributed by atoms with E-state index < -0.39 is 10.2 Å². The second-order valence-corrected chi connectivity index (χ2v) is 10.1. The van der Waals surface area contributed by atoms with Gasteiger partial charge in [-0.3, -0.25) is 4.79 Å². The number of hydrogen-bond donors (Lipinski definition) is 1. The molecule has 1 aromatic carbocycles. The molecule has 3 rings (SSSR count). The van der Waals surface area contributed by atoms with Crippen molar-refractivity contribution in [3.8, 4) is 0 Å². The zero-order chi connectivity index (χ0) is 20.0. The number of amides is 1. The van der Waals surface area contributed by atoms with Gasteiger partial charge in [-0.15, -0.1) is 0 Å². The largest absolute Gasteiger partial charge is 0.355 e. The van der Waals surface area contributed by atoms with Crippen LogP contribution in [-0.4, -0.2) is 55.7 Å². The number of rotatable bonds is 6. The van der Waals surface area contributed by atoms with Crippen molar-refractivity contribution in [3.05, 3.63) is 34.9 Å². The molecule has 2 fully saturated rings. The monoisotopic (exact) mass is 427 g/mol. The molecule has 6 nitrogen and oxygen atoms in total. The van der Waals surface area contributed by atoms with Gasteiger partial charge in [-0.05, 0) is 49.8 Å². The molecule has 0 unspecified atom stereocenters. The van der Waals surface area contributed by atoms with Crippen LogP contribution in [0.5, 0.6) is 0 Å². The Bertz CT molecular complexity index is 746. The van der Waals surface area contributed by atoms with Gasteiger partial charge < -0.3 is 5.32 Å². The minimum atomic E-state index is -3.47. The molecule has 2 aliphatic rings. The third kappa shape index (κ3) is 5.69. The van der Waals surface area contributed by atoms with Gasteiger partial charge in [0.25, 0.3) is 10.2 Å². The highest BCUT2D eigenvalue weighted by molar-refractivity contribution is 7.86. The first kappa shape index (κ1) is 21.6. The molecule has 0 radical (unpaired) electrons. The number of carbonyl (C=O) groups excluding carboxylic acids is 1. The molecular formula is C20H30ClN3O3S. The van der Waals surface area contributed by atoms with E-state index in [-0.39, 0.29) is 18.4 Å². The van der Waals surface area contributed by atoms with Gasteiger partial charge in [0.1, 0.15) is 0 Å². The SMILES string of the molecule is O=C(NCCc1ccc(Cl)cc1)[C@H]1CCCN(S(=O)(=O)N2CCCCCC2)C1. The van der Waals surface area contributed by atoms with Crippen LogP contribution in [0.25, 0.3) is 0 Å². The average Bonchev–Trinajstić information content (AvgIpc) is 3.00. The Kier molecular flexibility index (Phi) is 7.74. The van der Waals surface area contributed by atoms with Crippen LogP contribution in [-0.2, 0) is 21.4 Å². The van der Waals surface area contributed by atoms with Crippen molar-refractivity contribution in [1.29, 1.82) is 0 Å². The van der Waals surface area contributed by atoms with E-state index in [4.69, 9.17) is 11.6 Å². The molecule has 0 saturated carbocycles. The fourth-order valence-corrected chi connectivity index (χ4v) is 5.83. The average molecular weight is 428 g/mol. The summed E-state index contributed by atoms with van der Waals surface area (Å²) < 4.78 is 29.1. The van der Waals surface area contributed by atoms with Gasteiger partial charge in [0.2, 0.25) is 5.91 Å². The van der Waals surface area contributed by atoms with Gasteiger partial charge in [0, 0.05) is 37.7 Å². The minimum Gasteiger partial charge on any atom is -0.355 e. The maximum Gasteiger partial charge on any atom is 0.281 e. The Morgan fingerprint density at radius 3 is 2.32 bits per heavy atom. The van der Waals surface area contributed by atoms with Gasteiger partial charge in [0.05, 0.1) is 5.92 Å². The van der Waals surface area contributed by atoms with Crippen molar-refractivity contribution in [2.45, 2.75) is 44.9 Å². The van der Waals surface area contributed by atoms with Crippen LogP contribution in [0.1, 0.15) is 44.1 Å². The van der Waals surface area contributed by atoms with E-state index in [1.165, 1.54) is 4.31 Å². The van der Waals surface area contributed by atoms with Gasteiger partial charge in [-0.25, -0.2) is 0 Å². The molecule has 1 N–H and O–H groups in total.